The Morgan fingerprint density at radius 1 is 1.28 bits per heavy atom. The average molecular weight is 345 g/mol. The molecule has 2 aromatic rings. The SMILES string of the molecule is CC(C)c1noc2nc(C3CC3)cc(C(=O)N[C@@H](C(=O)O)C(C)C)c12. The van der Waals surface area contributed by atoms with E-state index in [0.717, 1.165) is 18.5 Å². The minimum atomic E-state index is -1.05. The quantitative estimate of drug-likeness (QED) is 0.833. The summed E-state index contributed by atoms with van der Waals surface area (Å²) < 4.78 is 5.36. The van der Waals surface area contributed by atoms with Crippen LogP contribution in [0.25, 0.3) is 11.1 Å². The Morgan fingerprint density at radius 2 is 1.96 bits per heavy atom. The lowest BCUT2D eigenvalue weighted by Crippen LogP contribution is -2.44. The van der Waals surface area contributed by atoms with Crippen LogP contribution in [0.1, 0.15) is 74.1 Å². The van der Waals surface area contributed by atoms with Crippen LogP contribution in [0, 0.1) is 5.92 Å². The van der Waals surface area contributed by atoms with Gasteiger partial charge in [-0.1, -0.05) is 32.9 Å². The van der Waals surface area contributed by atoms with Crippen LogP contribution in [-0.4, -0.2) is 33.2 Å². The molecule has 3 rings (SSSR count). The molecule has 1 amide bonds. The highest BCUT2D eigenvalue weighted by Crippen LogP contribution is 2.41. The van der Waals surface area contributed by atoms with Crippen molar-refractivity contribution in [3.05, 3.63) is 23.0 Å². The summed E-state index contributed by atoms with van der Waals surface area (Å²) in [5, 5.41) is 16.6. The number of carbonyl (C=O) groups excluding carboxylic acids is 1. The van der Waals surface area contributed by atoms with Gasteiger partial charge in [-0.05, 0) is 30.7 Å². The predicted octanol–water partition coefficient (Wildman–Crippen LogP) is 3.06. The van der Waals surface area contributed by atoms with Crippen LogP contribution < -0.4 is 5.32 Å². The number of carboxylic acid groups (broad SMARTS) is 1. The van der Waals surface area contributed by atoms with Gasteiger partial charge in [0.15, 0.2) is 0 Å². The molecule has 7 heteroatoms. The summed E-state index contributed by atoms with van der Waals surface area (Å²) in [5.41, 5.74) is 2.20. The summed E-state index contributed by atoms with van der Waals surface area (Å²) in [6.07, 6.45) is 2.07. The smallest absolute Gasteiger partial charge is 0.326 e. The van der Waals surface area contributed by atoms with Crippen LogP contribution in [0.15, 0.2) is 10.6 Å². The number of aliphatic carboxylic acids is 1. The van der Waals surface area contributed by atoms with Gasteiger partial charge in [0.05, 0.1) is 16.6 Å². The highest BCUT2D eigenvalue weighted by molar-refractivity contribution is 6.07. The number of nitrogens with zero attached hydrogens (tertiary/aromatic N) is 2. The van der Waals surface area contributed by atoms with Crippen LogP contribution in [0.3, 0.4) is 0 Å². The molecular formula is C18H23N3O4. The fraction of sp³-hybridized carbons (Fsp3) is 0.556. The highest BCUT2D eigenvalue weighted by atomic mass is 16.5. The van der Waals surface area contributed by atoms with Crippen LogP contribution in [0.5, 0.6) is 0 Å². The second-order valence-corrected chi connectivity index (χ2v) is 7.31. The van der Waals surface area contributed by atoms with E-state index in [1.807, 2.05) is 13.8 Å². The van der Waals surface area contributed by atoms with Crippen molar-refractivity contribution in [2.45, 2.75) is 58.4 Å². The van der Waals surface area contributed by atoms with E-state index in [1.54, 1.807) is 19.9 Å². The molecule has 1 aliphatic carbocycles. The molecule has 134 valence electrons. The molecule has 1 atom stereocenters. The zero-order valence-electron chi connectivity index (χ0n) is 14.9. The maximum absolute atomic E-state index is 12.9. The van der Waals surface area contributed by atoms with E-state index in [-0.39, 0.29) is 11.8 Å². The summed E-state index contributed by atoms with van der Waals surface area (Å²) in [6.45, 7) is 7.44. The molecule has 2 N–H and O–H groups in total. The Labute approximate surface area is 145 Å². The first kappa shape index (κ1) is 17.4. The van der Waals surface area contributed by atoms with Crippen molar-refractivity contribution >= 4 is 23.0 Å². The van der Waals surface area contributed by atoms with E-state index in [2.05, 4.69) is 15.5 Å². The number of carboxylic acids is 1. The Bertz CT molecular complexity index is 821. The molecule has 1 fully saturated rings. The molecule has 0 saturated heterocycles. The van der Waals surface area contributed by atoms with E-state index in [1.165, 1.54) is 0 Å². The molecule has 1 aliphatic rings. The molecular weight excluding hydrogens is 322 g/mol. The molecule has 0 bridgehead atoms. The molecule has 0 aliphatic heterocycles. The number of aromatic nitrogens is 2. The zero-order valence-corrected chi connectivity index (χ0v) is 14.9. The largest absolute Gasteiger partial charge is 0.480 e. The predicted molar refractivity (Wildman–Crippen MR) is 91.6 cm³/mol. The molecule has 2 aromatic heterocycles. The van der Waals surface area contributed by atoms with E-state index in [0.29, 0.717) is 28.3 Å². The topological polar surface area (TPSA) is 105 Å². The molecule has 7 nitrogen and oxygen atoms in total. The van der Waals surface area contributed by atoms with Crippen LogP contribution in [0.4, 0.5) is 0 Å². The first-order chi connectivity index (χ1) is 11.8. The third-order valence-electron chi connectivity index (χ3n) is 4.50. The van der Waals surface area contributed by atoms with Crippen molar-refractivity contribution in [3.8, 4) is 0 Å². The Kier molecular flexibility index (Phi) is 4.49. The van der Waals surface area contributed by atoms with E-state index in [4.69, 9.17) is 4.52 Å². The highest BCUT2D eigenvalue weighted by Gasteiger charge is 2.31. The zero-order chi connectivity index (χ0) is 18.3. The van der Waals surface area contributed by atoms with E-state index < -0.39 is 17.9 Å². The monoisotopic (exact) mass is 345 g/mol. The van der Waals surface area contributed by atoms with Crippen LogP contribution >= 0.6 is 0 Å². The third-order valence-corrected chi connectivity index (χ3v) is 4.50. The Balaban J connectivity index is 2.07. The van der Waals surface area contributed by atoms with Crippen molar-refractivity contribution in [1.82, 2.24) is 15.5 Å². The van der Waals surface area contributed by atoms with Gasteiger partial charge in [-0.25, -0.2) is 9.78 Å². The van der Waals surface area contributed by atoms with Gasteiger partial charge in [0.2, 0.25) is 0 Å². The number of hydrogen-bond donors (Lipinski definition) is 2. The molecule has 0 unspecified atom stereocenters. The van der Waals surface area contributed by atoms with E-state index >= 15 is 0 Å². The summed E-state index contributed by atoms with van der Waals surface area (Å²) in [6, 6.07) is 0.805. The standard InChI is InChI=1S/C18H23N3O4/c1-8(2)14-13-11(16(22)20-15(9(3)4)18(23)24)7-12(10-5-6-10)19-17(13)25-21-14/h7-10,15H,5-6H2,1-4H3,(H,20,22)(H,23,24)/t15-/m1/s1. The second-order valence-electron chi connectivity index (χ2n) is 7.31. The van der Waals surface area contributed by atoms with Gasteiger partial charge in [0, 0.05) is 11.6 Å². The molecule has 2 heterocycles. The number of carbonyl (C=O) groups is 2. The normalized spacial score (nSPS) is 15.8. The van der Waals surface area contributed by atoms with Crippen molar-refractivity contribution in [2.24, 2.45) is 5.92 Å². The van der Waals surface area contributed by atoms with Crippen molar-refractivity contribution < 1.29 is 19.2 Å². The molecule has 0 spiro atoms. The van der Waals surface area contributed by atoms with Crippen LogP contribution in [-0.2, 0) is 4.79 Å². The lowest BCUT2D eigenvalue weighted by Gasteiger charge is -2.18. The summed E-state index contributed by atoms with van der Waals surface area (Å²) in [5.74, 6) is -1.31. The summed E-state index contributed by atoms with van der Waals surface area (Å²) in [7, 11) is 0. The van der Waals surface area contributed by atoms with E-state index in [9.17, 15) is 14.7 Å². The first-order valence-corrected chi connectivity index (χ1v) is 8.63. The number of rotatable bonds is 6. The van der Waals surface area contributed by atoms with Gasteiger partial charge < -0.3 is 14.9 Å². The number of fused-ring (bicyclic) bond motifs is 1. The summed E-state index contributed by atoms with van der Waals surface area (Å²) >= 11 is 0. The van der Waals surface area contributed by atoms with Gasteiger partial charge in [0.25, 0.3) is 11.6 Å². The number of nitrogens with one attached hydrogen (secondary N) is 1. The van der Waals surface area contributed by atoms with Gasteiger partial charge in [-0.2, -0.15) is 0 Å². The minimum absolute atomic E-state index is 0.0572. The van der Waals surface area contributed by atoms with Crippen molar-refractivity contribution in [3.63, 3.8) is 0 Å². The van der Waals surface area contributed by atoms with Gasteiger partial charge in [-0.15, -0.1) is 0 Å². The van der Waals surface area contributed by atoms with Gasteiger partial charge in [-0.3, -0.25) is 4.79 Å². The molecule has 0 aromatic carbocycles. The number of hydrogen-bond acceptors (Lipinski definition) is 5. The van der Waals surface area contributed by atoms with Crippen LogP contribution in [0.2, 0.25) is 0 Å². The minimum Gasteiger partial charge on any atom is -0.480 e. The fourth-order valence-electron chi connectivity index (χ4n) is 2.89. The fourth-order valence-corrected chi connectivity index (χ4v) is 2.89. The lowest BCUT2D eigenvalue weighted by molar-refractivity contribution is -0.140. The molecule has 1 saturated carbocycles. The second kappa shape index (κ2) is 6.46. The van der Waals surface area contributed by atoms with Crippen molar-refractivity contribution in [1.29, 1.82) is 0 Å². The van der Waals surface area contributed by atoms with Gasteiger partial charge >= 0.3 is 5.97 Å². The lowest BCUT2D eigenvalue weighted by atomic mass is 10.00. The Morgan fingerprint density at radius 3 is 2.48 bits per heavy atom. The van der Waals surface area contributed by atoms with Gasteiger partial charge in [0.1, 0.15) is 6.04 Å². The molecule has 0 radical (unpaired) electrons. The maximum atomic E-state index is 12.9. The molecule has 25 heavy (non-hydrogen) atoms. The average Bonchev–Trinajstić information content (AvgIpc) is 3.29. The first-order valence-electron chi connectivity index (χ1n) is 8.63. The Hall–Kier alpha value is -2.44. The number of pyridine rings is 1. The third kappa shape index (κ3) is 3.36. The number of amides is 1. The van der Waals surface area contributed by atoms with Crippen molar-refractivity contribution in [2.75, 3.05) is 0 Å². The summed E-state index contributed by atoms with van der Waals surface area (Å²) in [4.78, 5) is 28.8. The maximum Gasteiger partial charge on any atom is 0.326 e.